The van der Waals surface area contributed by atoms with Crippen LogP contribution in [0, 0.1) is 12.7 Å². The van der Waals surface area contributed by atoms with Crippen molar-refractivity contribution in [1.82, 2.24) is 20.2 Å². The van der Waals surface area contributed by atoms with Crippen LogP contribution in [-0.4, -0.2) is 20.2 Å². The molecule has 21 heavy (non-hydrogen) atoms. The second-order valence-electron chi connectivity index (χ2n) is 4.61. The van der Waals surface area contributed by atoms with E-state index in [0.29, 0.717) is 11.4 Å². The highest BCUT2D eigenvalue weighted by atomic mass is 79.9. The Labute approximate surface area is 128 Å². The van der Waals surface area contributed by atoms with Crippen molar-refractivity contribution in [3.63, 3.8) is 0 Å². The van der Waals surface area contributed by atoms with E-state index in [0.717, 1.165) is 15.7 Å². The van der Waals surface area contributed by atoms with Crippen molar-refractivity contribution < 1.29 is 4.39 Å². The van der Waals surface area contributed by atoms with Crippen LogP contribution in [0.15, 0.2) is 40.9 Å². The summed E-state index contributed by atoms with van der Waals surface area (Å²) in [7, 11) is 0. The highest BCUT2D eigenvalue weighted by Crippen LogP contribution is 2.27. The Kier molecular flexibility index (Phi) is 3.42. The number of nitrogens with zero attached hydrogens (tertiary/aromatic N) is 4. The van der Waals surface area contributed by atoms with Crippen molar-refractivity contribution in [2.24, 2.45) is 0 Å². The van der Waals surface area contributed by atoms with E-state index in [9.17, 15) is 4.39 Å². The van der Waals surface area contributed by atoms with Crippen molar-refractivity contribution in [3.05, 3.63) is 52.3 Å². The number of benzene rings is 2. The van der Waals surface area contributed by atoms with E-state index in [2.05, 4.69) is 31.5 Å². The lowest BCUT2D eigenvalue weighted by Gasteiger charge is -2.08. The van der Waals surface area contributed by atoms with Crippen LogP contribution in [0.5, 0.6) is 0 Å². The number of aromatic nitrogens is 4. The van der Waals surface area contributed by atoms with E-state index in [-0.39, 0.29) is 5.69 Å². The summed E-state index contributed by atoms with van der Waals surface area (Å²) in [6, 6.07) is 10.3. The Morgan fingerprint density at radius 1 is 1.19 bits per heavy atom. The standard InChI is InChI=1S/C14H11BrFN5/c1-8-2-5-13(10(15)6-8)21-14(18-19-20-21)9-3-4-11(16)12(17)7-9/h2-7H,17H2,1H3. The number of hydrogen-bond acceptors (Lipinski definition) is 4. The molecule has 106 valence electrons. The molecule has 3 rings (SSSR count). The average Bonchev–Trinajstić information content (AvgIpc) is 2.91. The van der Waals surface area contributed by atoms with Crippen molar-refractivity contribution >= 4 is 21.6 Å². The minimum Gasteiger partial charge on any atom is -0.396 e. The van der Waals surface area contributed by atoms with Crippen LogP contribution >= 0.6 is 15.9 Å². The molecule has 2 aromatic carbocycles. The summed E-state index contributed by atoms with van der Waals surface area (Å²) in [5.41, 5.74) is 8.22. The molecule has 3 aromatic rings. The Bertz CT molecular complexity index is 815. The molecule has 0 spiro atoms. The number of rotatable bonds is 2. The van der Waals surface area contributed by atoms with Crippen molar-refractivity contribution in [2.45, 2.75) is 6.92 Å². The summed E-state index contributed by atoms with van der Waals surface area (Å²) in [4.78, 5) is 0. The van der Waals surface area contributed by atoms with Gasteiger partial charge in [-0.1, -0.05) is 6.07 Å². The second-order valence-corrected chi connectivity index (χ2v) is 5.46. The minimum atomic E-state index is -0.464. The zero-order valence-electron chi connectivity index (χ0n) is 11.1. The Morgan fingerprint density at radius 3 is 2.71 bits per heavy atom. The van der Waals surface area contributed by atoms with Gasteiger partial charge in [0.1, 0.15) is 5.82 Å². The highest BCUT2D eigenvalue weighted by Gasteiger charge is 2.14. The number of halogens is 2. The van der Waals surface area contributed by atoms with E-state index in [1.807, 2.05) is 25.1 Å². The fourth-order valence-electron chi connectivity index (χ4n) is 2.00. The molecule has 1 aromatic heterocycles. The van der Waals surface area contributed by atoms with Crippen molar-refractivity contribution in [2.75, 3.05) is 5.73 Å². The first-order chi connectivity index (χ1) is 10.1. The summed E-state index contributed by atoms with van der Waals surface area (Å²) in [5.74, 6) is 0.0283. The first kappa shape index (κ1) is 13.7. The van der Waals surface area contributed by atoms with Gasteiger partial charge >= 0.3 is 0 Å². The molecule has 1 heterocycles. The summed E-state index contributed by atoms with van der Waals surface area (Å²) < 4.78 is 15.7. The van der Waals surface area contributed by atoms with Gasteiger partial charge in [-0.15, -0.1) is 5.10 Å². The lowest BCUT2D eigenvalue weighted by atomic mass is 10.1. The molecular formula is C14H11BrFN5. The third-order valence-corrected chi connectivity index (χ3v) is 3.69. The number of tetrazole rings is 1. The lowest BCUT2D eigenvalue weighted by Crippen LogP contribution is -2.02. The second kappa shape index (κ2) is 5.25. The van der Waals surface area contributed by atoms with Gasteiger partial charge < -0.3 is 5.73 Å². The average molecular weight is 348 g/mol. The fraction of sp³-hybridized carbons (Fsp3) is 0.0714. The van der Waals surface area contributed by atoms with Gasteiger partial charge in [0.05, 0.1) is 11.4 Å². The number of nitrogens with two attached hydrogens (primary N) is 1. The topological polar surface area (TPSA) is 69.6 Å². The fourth-order valence-corrected chi connectivity index (χ4v) is 2.66. The molecule has 0 fully saturated rings. The molecule has 0 aliphatic heterocycles. The monoisotopic (exact) mass is 347 g/mol. The maximum absolute atomic E-state index is 13.3. The normalized spacial score (nSPS) is 10.8. The molecule has 0 amide bonds. The molecule has 0 radical (unpaired) electrons. The zero-order valence-corrected chi connectivity index (χ0v) is 12.7. The quantitative estimate of drug-likeness (QED) is 0.723. The van der Waals surface area contributed by atoms with Crippen molar-refractivity contribution in [1.29, 1.82) is 0 Å². The smallest absolute Gasteiger partial charge is 0.187 e. The van der Waals surface area contributed by atoms with Gasteiger partial charge in [-0.3, -0.25) is 0 Å². The molecule has 2 N–H and O–H groups in total. The van der Waals surface area contributed by atoms with Crippen LogP contribution in [0.25, 0.3) is 17.1 Å². The van der Waals surface area contributed by atoms with E-state index in [1.165, 1.54) is 12.1 Å². The van der Waals surface area contributed by atoms with Crippen LogP contribution in [0.2, 0.25) is 0 Å². The van der Waals surface area contributed by atoms with E-state index in [4.69, 9.17) is 5.73 Å². The first-order valence-electron chi connectivity index (χ1n) is 6.16. The Morgan fingerprint density at radius 2 is 2.00 bits per heavy atom. The first-order valence-corrected chi connectivity index (χ1v) is 6.96. The van der Waals surface area contributed by atoms with Crippen LogP contribution in [0.3, 0.4) is 0 Å². The minimum absolute atomic E-state index is 0.0602. The molecule has 0 unspecified atom stereocenters. The number of anilines is 1. The summed E-state index contributed by atoms with van der Waals surface area (Å²) >= 11 is 3.50. The van der Waals surface area contributed by atoms with Crippen molar-refractivity contribution in [3.8, 4) is 17.1 Å². The molecule has 5 nitrogen and oxygen atoms in total. The van der Waals surface area contributed by atoms with Crippen LogP contribution in [-0.2, 0) is 0 Å². The molecule has 7 heteroatoms. The van der Waals surface area contributed by atoms with Gasteiger partial charge in [0.25, 0.3) is 0 Å². The van der Waals surface area contributed by atoms with Crippen LogP contribution in [0.1, 0.15) is 5.56 Å². The predicted octanol–water partition coefficient (Wildman–Crippen LogP) is 3.12. The maximum Gasteiger partial charge on any atom is 0.187 e. The van der Waals surface area contributed by atoms with Gasteiger partial charge in [0, 0.05) is 10.0 Å². The zero-order chi connectivity index (χ0) is 15.0. The lowest BCUT2D eigenvalue weighted by molar-refractivity contribution is 0.632. The van der Waals surface area contributed by atoms with Gasteiger partial charge in [0.15, 0.2) is 5.82 Å². The van der Waals surface area contributed by atoms with E-state index in [1.54, 1.807) is 10.7 Å². The summed E-state index contributed by atoms with van der Waals surface area (Å²) in [6.07, 6.45) is 0. The molecule has 0 saturated carbocycles. The molecule has 0 aliphatic carbocycles. The SMILES string of the molecule is Cc1ccc(-n2nnnc2-c2ccc(F)c(N)c2)c(Br)c1. The maximum atomic E-state index is 13.3. The molecule has 0 atom stereocenters. The van der Waals surface area contributed by atoms with Gasteiger partial charge in [-0.05, 0) is 69.2 Å². The van der Waals surface area contributed by atoms with E-state index < -0.39 is 5.82 Å². The summed E-state index contributed by atoms with van der Waals surface area (Å²) in [5, 5.41) is 11.7. The highest BCUT2D eigenvalue weighted by molar-refractivity contribution is 9.10. The Balaban J connectivity index is 2.14. The number of hydrogen-bond donors (Lipinski definition) is 1. The molecule has 0 aliphatic rings. The van der Waals surface area contributed by atoms with E-state index >= 15 is 0 Å². The molecule has 0 bridgehead atoms. The van der Waals surface area contributed by atoms with Gasteiger partial charge in [-0.25, -0.2) is 4.39 Å². The van der Waals surface area contributed by atoms with Crippen LogP contribution < -0.4 is 5.73 Å². The van der Waals surface area contributed by atoms with Gasteiger partial charge in [0.2, 0.25) is 0 Å². The third kappa shape index (κ3) is 2.52. The number of aryl methyl sites for hydroxylation is 1. The number of nitrogen functional groups attached to an aromatic ring is 1. The molecular weight excluding hydrogens is 337 g/mol. The summed E-state index contributed by atoms with van der Waals surface area (Å²) in [6.45, 7) is 2.00. The molecule has 0 saturated heterocycles. The third-order valence-electron chi connectivity index (χ3n) is 3.06. The Hall–Kier alpha value is -2.28. The predicted molar refractivity (Wildman–Crippen MR) is 81.4 cm³/mol. The van der Waals surface area contributed by atoms with Crippen LogP contribution in [0.4, 0.5) is 10.1 Å². The largest absolute Gasteiger partial charge is 0.396 e. The van der Waals surface area contributed by atoms with Gasteiger partial charge in [-0.2, -0.15) is 4.68 Å².